The molecule has 0 fully saturated rings. The van der Waals surface area contributed by atoms with Crippen LogP contribution in [0, 0.1) is 5.92 Å². The summed E-state index contributed by atoms with van der Waals surface area (Å²) in [5, 5.41) is 3.00. The molecule has 106 valence electrons. The SMILES string of the molecule is CC(C)C(C)NC(=O)CN(C)Cc1ccc(N)cc1. The van der Waals surface area contributed by atoms with Crippen molar-refractivity contribution in [1.29, 1.82) is 0 Å². The van der Waals surface area contributed by atoms with E-state index in [1.165, 1.54) is 0 Å². The molecule has 1 amide bonds. The molecule has 1 aromatic rings. The van der Waals surface area contributed by atoms with Crippen LogP contribution in [-0.2, 0) is 11.3 Å². The van der Waals surface area contributed by atoms with Crippen molar-refractivity contribution in [2.75, 3.05) is 19.3 Å². The second-order valence-electron chi connectivity index (χ2n) is 5.51. The Hall–Kier alpha value is -1.55. The molecule has 4 heteroatoms. The number of nitrogens with one attached hydrogen (secondary N) is 1. The predicted molar refractivity (Wildman–Crippen MR) is 79.6 cm³/mol. The summed E-state index contributed by atoms with van der Waals surface area (Å²) < 4.78 is 0. The molecule has 1 atom stereocenters. The van der Waals surface area contributed by atoms with Gasteiger partial charge in [-0.05, 0) is 37.6 Å². The lowest BCUT2D eigenvalue weighted by Crippen LogP contribution is -2.41. The quantitative estimate of drug-likeness (QED) is 0.770. The second-order valence-corrected chi connectivity index (χ2v) is 5.51. The molecule has 19 heavy (non-hydrogen) atoms. The fraction of sp³-hybridized carbons (Fsp3) is 0.533. The Labute approximate surface area is 116 Å². The van der Waals surface area contributed by atoms with E-state index in [2.05, 4.69) is 19.2 Å². The lowest BCUT2D eigenvalue weighted by atomic mass is 10.1. The molecule has 3 N–H and O–H groups in total. The zero-order valence-corrected chi connectivity index (χ0v) is 12.3. The molecule has 0 aromatic heterocycles. The van der Waals surface area contributed by atoms with E-state index in [0.717, 1.165) is 17.8 Å². The minimum Gasteiger partial charge on any atom is -0.399 e. The topological polar surface area (TPSA) is 58.4 Å². The predicted octanol–water partition coefficient (Wildman–Crippen LogP) is 1.86. The van der Waals surface area contributed by atoms with Crippen LogP contribution < -0.4 is 11.1 Å². The number of anilines is 1. The third kappa shape index (κ3) is 5.75. The molecule has 0 bridgehead atoms. The van der Waals surface area contributed by atoms with E-state index in [0.29, 0.717) is 12.5 Å². The van der Waals surface area contributed by atoms with Crippen LogP contribution in [0.3, 0.4) is 0 Å². The molecule has 0 spiro atoms. The van der Waals surface area contributed by atoms with Crippen LogP contribution in [0.15, 0.2) is 24.3 Å². The van der Waals surface area contributed by atoms with E-state index >= 15 is 0 Å². The number of carbonyl (C=O) groups is 1. The molecule has 0 radical (unpaired) electrons. The number of benzene rings is 1. The van der Waals surface area contributed by atoms with Crippen LogP contribution in [0.2, 0.25) is 0 Å². The Morgan fingerprint density at radius 1 is 1.26 bits per heavy atom. The third-order valence-corrected chi connectivity index (χ3v) is 3.23. The van der Waals surface area contributed by atoms with Gasteiger partial charge in [0.05, 0.1) is 6.54 Å². The molecule has 4 nitrogen and oxygen atoms in total. The fourth-order valence-electron chi connectivity index (χ4n) is 1.70. The zero-order valence-electron chi connectivity index (χ0n) is 12.3. The number of nitrogen functional groups attached to an aromatic ring is 1. The lowest BCUT2D eigenvalue weighted by Gasteiger charge is -2.21. The lowest BCUT2D eigenvalue weighted by molar-refractivity contribution is -0.122. The van der Waals surface area contributed by atoms with Gasteiger partial charge in [0.25, 0.3) is 0 Å². The van der Waals surface area contributed by atoms with Gasteiger partial charge in [-0.25, -0.2) is 0 Å². The van der Waals surface area contributed by atoms with Gasteiger partial charge in [-0.3, -0.25) is 9.69 Å². The van der Waals surface area contributed by atoms with Crippen LogP contribution in [-0.4, -0.2) is 30.4 Å². The van der Waals surface area contributed by atoms with E-state index in [-0.39, 0.29) is 11.9 Å². The number of nitrogens with zero attached hydrogens (tertiary/aromatic N) is 1. The molecule has 0 aliphatic heterocycles. The van der Waals surface area contributed by atoms with Gasteiger partial charge in [0.1, 0.15) is 0 Å². The zero-order chi connectivity index (χ0) is 14.4. The van der Waals surface area contributed by atoms with E-state index in [4.69, 9.17) is 5.73 Å². The Kier molecular flexibility index (Phi) is 5.83. The first-order chi connectivity index (χ1) is 8.88. The molecule has 0 aliphatic carbocycles. The normalized spacial score (nSPS) is 12.7. The number of likely N-dealkylation sites (N-methyl/N-ethyl adjacent to an activating group) is 1. The average Bonchev–Trinajstić information content (AvgIpc) is 2.31. The van der Waals surface area contributed by atoms with Crippen molar-refractivity contribution < 1.29 is 4.79 Å². The summed E-state index contributed by atoms with van der Waals surface area (Å²) in [4.78, 5) is 13.8. The monoisotopic (exact) mass is 263 g/mol. The molecule has 1 unspecified atom stereocenters. The van der Waals surface area contributed by atoms with E-state index in [9.17, 15) is 4.79 Å². The molecule has 0 heterocycles. The highest BCUT2D eigenvalue weighted by Crippen LogP contribution is 2.07. The molecular formula is C15H25N3O. The highest BCUT2D eigenvalue weighted by atomic mass is 16.2. The second kappa shape index (κ2) is 7.14. The van der Waals surface area contributed by atoms with Crippen LogP contribution in [0.25, 0.3) is 0 Å². The van der Waals surface area contributed by atoms with Crippen molar-refractivity contribution in [3.63, 3.8) is 0 Å². The highest BCUT2D eigenvalue weighted by Gasteiger charge is 2.12. The first-order valence-corrected chi connectivity index (χ1v) is 6.71. The summed E-state index contributed by atoms with van der Waals surface area (Å²) in [5.74, 6) is 0.519. The van der Waals surface area contributed by atoms with Crippen molar-refractivity contribution in [1.82, 2.24) is 10.2 Å². The van der Waals surface area contributed by atoms with Crippen LogP contribution >= 0.6 is 0 Å². The molecule has 0 aliphatic rings. The van der Waals surface area contributed by atoms with Crippen molar-refractivity contribution in [3.05, 3.63) is 29.8 Å². The smallest absolute Gasteiger partial charge is 0.234 e. The average molecular weight is 263 g/mol. The number of hydrogen-bond donors (Lipinski definition) is 2. The number of carbonyl (C=O) groups excluding carboxylic acids is 1. The van der Waals surface area contributed by atoms with Gasteiger partial charge in [0, 0.05) is 18.3 Å². The number of hydrogen-bond acceptors (Lipinski definition) is 3. The van der Waals surface area contributed by atoms with Crippen LogP contribution in [0.4, 0.5) is 5.69 Å². The Morgan fingerprint density at radius 2 is 1.84 bits per heavy atom. The number of rotatable bonds is 6. The minimum atomic E-state index is 0.0687. The standard InChI is InChI=1S/C15H25N3O/c1-11(2)12(3)17-15(19)10-18(4)9-13-5-7-14(16)8-6-13/h5-8,11-12H,9-10,16H2,1-4H3,(H,17,19). The van der Waals surface area contributed by atoms with Gasteiger partial charge < -0.3 is 11.1 Å². The van der Waals surface area contributed by atoms with Crippen molar-refractivity contribution in [2.24, 2.45) is 5.92 Å². The molecule has 0 saturated heterocycles. The van der Waals surface area contributed by atoms with Gasteiger partial charge in [-0.15, -0.1) is 0 Å². The Morgan fingerprint density at radius 3 is 2.37 bits per heavy atom. The maximum atomic E-state index is 11.8. The van der Waals surface area contributed by atoms with E-state index < -0.39 is 0 Å². The van der Waals surface area contributed by atoms with E-state index in [1.807, 2.05) is 43.1 Å². The van der Waals surface area contributed by atoms with Gasteiger partial charge in [0.15, 0.2) is 0 Å². The van der Waals surface area contributed by atoms with Crippen LogP contribution in [0.5, 0.6) is 0 Å². The molecular weight excluding hydrogens is 238 g/mol. The Bertz CT molecular complexity index is 400. The van der Waals surface area contributed by atoms with Crippen molar-refractivity contribution >= 4 is 11.6 Å². The Balaban J connectivity index is 2.40. The summed E-state index contributed by atoms with van der Waals surface area (Å²) >= 11 is 0. The summed E-state index contributed by atoms with van der Waals surface area (Å²) in [6, 6.07) is 7.94. The maximum absolute atomic E-state index is 11.8. The number of nitrogens with two attached hydrogens (primary N) is 1. The van der Waals surface area contributed by atoms with Gasteiger partial charge in [0.2, 0.25) is 5.91 Å². The number of amides is 1. The minimum absolute atomic E-state index is 0.0687. The first kappa shape index (κ1) is 15.5. The van der Waals surface area contributed by atoms with Crippen molar-refractivity contribution in [3.8, 4) is 0 Å². The fourth-order valence-corrected chi connectivity index (χ4v) is 1.70. The first-order valence-electron chi connectivity index (χ1n) is 6.71. The molecule has 1 rings (SSSR count). The maximum Gasteiger partial charge on any atom is 0.234 e. The molecule has 1 aromatic carbocycles. The van der Waals surface area contributed by atoms with Crippen molar-refractivity contribution in [2.45, 2.75) is 33.4 Å². The summed E-state index contributed by atoms with van der Waals surface area (Å²) in [6.45, 7) is 7.37. The highest BCUT2D eigenvalue weighted by molar-refractivity contribution is 5.78. The van der Waals surface area contributed by atoms with Gasteiger partial charge >= 0.3 is 0 Å². The summed E-state index contributed by atoms with van der Waals surface area (Å²) in [7, 11) is 1.94. The summed E-state index contributed by atoms with van der Waals surface area (Å²) in [6.07, 6.45) is 0. The third-order valence-electron chi connectivity index (χ3n) is 3.23. The van der Waals surface area contributed by atoms with Crippen LogP contribution in [0.1, 0.15) is 26.3 Å². The van der Waals surface area contributed by atoms with Gasteiger partial charge in [-0.1, -0.05) is 26.0 Å². The van der Waals surface area contributed by atoms with Gasteiger partial charge in [-0.2, -0.15) is 0 Å². The van der Waals surface area contributed by atoms with E-state index in [1.54, 1.807) is 0 Å². The summed E-state index contributed by atoms with van der Waals surface area (Å²) in [5.41, 5.74) is 7.56. The largest absolute Gasteiger partial charge is 0.399 e. The molecule has 0 saturated carbocycles.